The smallest absolute Gasteiger partial charge is 0.435 e. The summed E-state index contributed by atoms with van der Waals surface area (Å²) in [7, 11) is -3.78. The van der Waals surface area contributed by atoms with Crippen molar-refractivity contribution in [2.75, 3.05) is 19.7 Å². The topological polar surface area (TPSA) is 121 Å². The molecule has 0 saturated carbocycles. The SMILES string of the molecule is CCOC(=O)OCn1cc(C)c2c(S(=O)(=O)N3CC[C@H](N)C3)cccc2c1=O. The lowest BCUT2D eigenvalue weighted by molar-refractivity contribution is 0.0361. The molecule has 2 heterocycles. The van der Waals surface area contributed by atoms with E-state index in [0.717, 1.165) is 0 Å². The van der Waals surface area contributed by atoms with Crippen LogP contribution in [-0.2, 0) is 26.2 Å². The molecule has 0 bridgehead atoms. The van der Waals surface area contributed by atoms with Gasteiger partial charge in [-0.25, -0.2) is 13.2 Å². The van der Waals surface area contributed by atoms with Crippen LogP contribution in [0.4, 0.5) is 4.79 Å². The molecule has 0 radical (unpaired) electrons. The first-order chi connectivity index (χ1) is 13.3. The zero-order valence-corrected chi connectivity index (χ0v) is 16.6. The van der Waals surface area contributed by atoms with E-state index in [2.05, 4.69) is 4.74 Å². The largest absolute Gasteiger partial charge is 0.510 e. The molecule has 1 aromatic carbocycles. The van der Waals surface area contributed by atoms with E-state index < -0.39 is 21.7 Å². The molecule has 9 nitrogen and oxygen atoms in total. The maximum Gasteiger partial charge on any atom is 0.510 e. The first-order valence-electron chi connectivity index (χ1n) is 8.93. The highest BCUT2D eigenvalue weighted by molar-refractivity contribution is 7.89. The number of nitrogens with zero attached hydrogens (tertiary/aromatic N) is 2. The zero-order chi connectivity index (χ0) is 20.5. The van der Waals surface area contributed by atoms with Crippen LogP contribution in [0.25, 0.3) is 10.8 Å². The van der Waals surface area contributed by atoms with Gasteiger partial charge in [-0.1, -0.05) is 6.07 Å². The van der Waals surface area contributed by atoms with Crippen LogP contribution in [0.2, 0.25) is 0 Å². The summed E-state index contributed by atoms with van der Waals surface area (Å²) in [6.07, 6.45) is 1.19. The molecule has 2 N–H and O–H groups in total. The van der Waals surface area contributed by atoms with Crippen LogP contribution in [-0.4, -0.2) is 49.2 Å². The van der Waals surface area contributed by atoms with Crippen molar-refractivity contribution in [2.24, 2.45) is 5.73 Å². The third kappa shape index (κ3) is 3.75. The van der Waals surface area contributed by atoms with Crippen molar-refractivity contribution in [3.8, 4) is 0 Å². The number of carbonyl (C=O) groups is 1. The molecule has 1 aliphatic rings. The molecule has 152 valence electrons. The molecule has 1 aromatic heterocycles. The molecule has 1 atom stereocenters. The Kier molecular flexibility index (Phi) is 5.73. The van der Waals surface area contributed by atoms with E-state index in [9.17, 15) is 18.0 Å². The van der Waals surface area contributed by atoms with Gasteiger partial charge in [0.2, 0.25) is 10.0 Å². The second kappa shape index (κ2) is 7.90. The fraction of sp³-hybridized carbons (Fsp3) is 0.444. The first kappa shape index (κ1) is 20.3. The summed E-state index contributed by atoms with van der Waals surface area (Å²) in [5, 5.41) is 0.595. The van der Waals surface area contributed by atoms with Crippen molar-refractivity contribution < 1.29 is 22.7 Å². The van der Waals surface area contributed by atoms with Crippen molar-refractivity contribution in [1.29, 1.82) is 0 Å². The van der Waals surface area contributed by atoms with Crippen LogP contribution >= 0.6 is 0 Å². The second-order valence-electron chi connectivity index (χ2n) is 6.63. The lowest BCUT2D eigenvalue weighted by atomic mass is 10.1. The van der Waals surface area contributed by atoms with E-state index >= 15 is 0 Å². The van der Waals surface area contributed by atoms with Gasteiger partial charge in [0.15, 0.2) is 6.73 Å². The Labute approximate surface area is 162 Å². The summed E-state index contributed by atoms with van der Waals surface area (Å²) in [5.41, 5.74) is 5.97. The minimum Gasteiger partial charge on any atom is -0.435 e. The van der Waals surface area contributed by atoms with E-state index in [1.54, 1.807) is 19.9 Å². The maximum absolute atomic E-state index is 13.1. The van der Waals surface area contributed by atoms with Crippen LogP contribution in [0, 0.1) is 6.92 Å². The molecule has 1 fully saturated rings. The van der Waals surface area contributed by atoms with Gasteiger partial charge in [0.1, 0.15) is 0 Å². The molecule has 10 heteroatoms. The van der Waals surface area contributed by atoms with Gasteiger partial charge in [-0.3, -0.25) is 9.36 Å². The highest BCUT2D eigenvalue weighted by Crippen LogP contribution is 2.28. The molecule has 0 unspecified atom stereocenters. The van der Waals surface area contributed by atoms with Crippen LogP contribution < -0.4 is 11.3 Å². The number of nitrogens with two attached hydrogens (primary N) is 1. The number of carbonyl (C=O) groups excluding carboxylic acids is 1. The second-order valence-corrected chi connectivity index (χ2v) is 8.54. The van der Waals surface area contributed by atoms with Crippen molar-refractivity contribution in [2.45, 2.75) is 37.9 Å². The highest BCUT2D eigenvalue weighted by Gasteiger charge is 2.32. The maximum atomic E-state index is 13.1. The van der Waals surface area contributed by atoms with Gasteiger partial charge in [0.05, 0.1) is 11.5 Å². The van der Waals surface area contributed by atoms with Crippen molar-refractivity contribution >= 4 is 27.0 Å². The highest BCUT2D eigenvalue weighted by atomic mass is 32.2. The number of sulfonamides is 1. The molecule has 0 aliphatic carbocycles. The van der Waals surface area contributed by atoms with Gasteiger partial charge >= 0.3 is 6.16 Å². The van der Waals surface area contributed by atoms with Crippen LogP contribution in [0.15, 0.2) is 34.1 Å². The van der Waals surface area contributed by atoms with Gasteiger partial charge in [-0.15, -0.1) is 0 Å². The average molecular weight is 409 g/mol. The van der Waals surface area contributed by atoms with E-state index in [1.807, 2.05) is 0 Å². The Bertz CT molecular complexity index is 1060. The van der Waals surface area contributed by atoms with Gasteiger partial charge < -0.3 is 15.2 Å². The summed E-state index contributed by atoms with van der Waals surface area (Å²) in [6.45, 7) is 3.78. The molecule has 0 spiro atoms. The third-order valence-corrected chi connectivity index (χ3v) is 6.56. The molecule has 28 heavy (non-hydrogen) atoms. The number of aromatic nitrogens is 1. The molecular formula is C18H23N3O6S. The number of hydrogen-bond donors (Lipinski definition) is 1. The standard InChI is InChI=1S/C18H23N3O6S/c1-3-26-18(23)27-11-20-9-12(2)16-14(17(20)22)5-4-6-15(16)28(24,25)21-8-7-13(19)10-21/h4-6,9,13H,3,7-8,10-11,19H2,1-2H3/t13-/m0/s1. The molecule has 1 aliphatic heterocycles. The zero-order valence-electron chi connectivity index (χ0n) is 15.8. The number of pyridine rings is 1. The van der Waals surface area contributed by atoms with Crippen LogP contribution in [0.1, 0.15) is 18.9 Å². The Balaban J connectivity index is 2.05. The van der Waals surface area contributed by atoms with E-state index in [0.29, 0.717) is 23.9 Å². The number of fused-ring (bicyclic) bond motifs is 1. The van der Waals surface area contributed by atoms with Crippen LogP contribution in [0.5, 0.6) is 0 Å². The predicted octanol–water partition coefficient (Wildman–Crippen LogP) is 1.16. The van der Waals surface area contributed by atoms with Gasteiger partial charge in [-0.2, -0.15) is 4.31 Å². The Hall–Kier alpha value is -2.43. The quantitative estimate of drug-likeness (QED) is 0.736. The fourth-order valence-corrected chi connectivity index (χ4v) is 5.12. The number of hydrogen-bond acceptors (Lipinski definition) is 7. The summed E-state index contributed by atoms with van der Waals surface area (Å²) in [4.78, 5) is 24.3. The van der Waals surface area contributed by atoms with E-state index in [-0.39, 0.29) is 36.2 Å². The van der Waals surface area contributed by atoms with E-state index in [4.69, 9.17) is 10.5 Å². The summed E-state index contributed by atoms with van der Waals surface area (Å²) >= 11 is 0. The molecule has 3 rings (SSSR count). The number of benzene rings is 1. The number of ether oxygens (including phenoxy) is 2. The van der Waals surface area contributed by atoms with Crippen LogP contribution in [0.3, 0.4) is 0 Å². The predicted molar refractivity (Wildman–Crippen MR) is 102 cm³/mol. The minimum absolute atomic E-state index is 0.0761. The Morgan fingerprint density at radius 3 is 2.71 bits per heavy atom. The van der Waals surface area contributed by atoms with Crippen molar-refractivity contribution in [1.82, 2.24) is 8.87 Å². The lowest BCUT2D eigenvalue weighted by Crippen LogP contribution is -2.32. The third-order valence-electron chi connectivity index (χ3n) is 4.65. The summed E-state index contributed by atoms with van der Waals surface area (Å²) in [5.74, 6) is 0. The van der Waals surface area contributed by atoms with E-state index in [1.165, 1.54) is 27.2 Å². The summed E-state index contributed by atoms with van der Waals surface area (Å²) < 4.78 is 38.3. The summed E-state index contributed by atoms with van der Waals surface area (Å²) in [6, 6.07) is 4.39. The Morgan fingerprint density at radius 1 is 1.32 bits per heavy atom. The normalized spacial score (nSPS) is 17.8. The minimum atomic E-state index is -3.78. The first-order valence-corrected chi connectivity index (χ1v) is 10.4. The fourth-order valence-electron chi connectivity index (χ4n) is 3.33. The van der Waals surface area contributed by atoms with Crippen molar-refractivity contribution in [3.05, 3.63) is 40.3 Å². The lowest BCUT2D eigenvalue weighted by Gasteiger charge is -2.19. The van der Waals surface area contributed by atoms with Gasteiger partial charge in [0.25, 0.3) is 5.56 Å². The number of rotatable bonds is 5. The van der Waals surface area contributed by atoms with Gasteiger partial charge in [-0.05, 0) is 38.0 Å². The van der Waals surface area contributed by atoms with Crippen molar-refractivity contribution in [3.63, 3.8) is 0 Å². The molecule has 2 aromatic rings. The van der Waals surface area contributed by atoms with Gasteiger partial charge in [0, 0.05) is 36.1 Å². The number of aryl methyl sites for hydroxylation is 1. The molecule has 1 saturated heterocycles. The monoisotopic (exact) mass is 409 g/mol. The average Bonchev–Trinajstić information content (AvgIpc) is 3.10. The Morgan fingerprint density at radius 2 is 2.07 bits per heavy atom. The molecular weight excluding hydrogens is 386 g/mol. The molecule has 0 amide bonds.